The second-order valence-electron chi connectivity index (χ2n) is 3.58. The fraction of sp³-hybridized carbons (Fsp3) is 1.00. The van der Waals surface area contributed by atoms with Crippen molar-refractivity contribution in [2.24, 2.45) is 11.7 Å². The molecule has 1 fully saturated rings. The van der Waals surface area contributed by atoms with Gasteiger partial charge in [0.05, 0.1) is 6.61 Å². The molecule has 1 aliphatic rings. The zero-order valence-electron chi connectivity index (χ0n) is 6.67. The Kier molecular flexibility index (Phi) is 1.99. The predicted octanol–water partition coefficient (Wildman–Crippen LogP) is -0.742. The molecule has 1 saturated heterocycles. The topological polar surface area (TPSA) is 49.5 Å². The number of hydrogen-bond donors (Lipinski definition) is 2. The first-order chi connectivity index (χ1) is 4.56. The Labute approximate surface area is 61.8 Å². The minimum atomic E-state index is -0.369. The highest BCUT2D eigenvalue weighted by Gasteiger charge is 2.36. The number of likely N-dealkylation sites (tertiary alicyclic amines) is 1. The van der Waals surface area contributed by atoms with Gasteiger partial charge in [-0.25, -0.2) is 0 Å². The Morgan fingerprint density at radius 2 is 2.20 bits per heavy atom. The third-order valence-corrected chi connectivity index (χ3v) is 2.34. The average molecular weight is 144 g/mol. The normalized spacial score (nSPS) is 27.6. The quantitative estimate of drug-likeness (QED) is 0.536. The van der Waals surface area contributed by atoms with E-state index in [1.165, 1.54) is 0 Å². The minimum absolute atomic E-state index is 0.0888. The standard InChI is InChI=1S/C7H16N2O/c1-7(8,5-10)6-3-9(2)4-6/h6,10H,3-5,8H2,1-2H3. The molecule has 60 valence electrons. The molecule has 0 saturated carbocycles. The molecule has 1 unspecified atom stereocenters. The molecule has 0 aromatic heterocycles. The molecule has 0 spiro atoms. The Morgan fingerprint density at radius 3 is 2.50 bits per heavy atom. The number of hydrogen-bond acceptors (Lipinski definition) is 3. The molecule has 1 heterocycles. The van der Waals surface area contributed by atoms with Gasteiger partial charge < -0.3 is 15.7 Å². The molecule has 1 rings (SSSR count). The van der Waals surface area contributed by atoms with Crippen molar-refractivity contribution in [2.45, 2.75) is 12.5 Å². The van der Waals surface area contributed by atoms with Crippen molar-refractivity contribution in [3.05, 3.63) is 0 Å². The minimum Gasteiger partial charge on any atom is -0.394 e. The highest BCUT2D eigenvalue weighted by molar-refractivity contribution is 4.94. The van der Waals surface area contributed by atoms with Crippen LogP contribution in [0.2, 0.25) is 0 Å². The summed E-state index contributed by atoms with van der Waals surface area (Å²) in [5.41, 5.74) is 5.44. The van der Waals surface area contributed by atoms with E-state index in [0.717, 1.165) is 13.1 Å². The van der Waals surface area contributed by atoms with Gasteiger partial charge in [-0.05, 0) is 14.0 Å². The first kappa shape index (κ1) is 7.98. The van der Waals surface area contributed by atoms with Gasteiger partial charge in [0.15, 0.2) is 0 Å². The molecule has 10 heavy (non-hydrogen) atoms. The van der Waals surface area contributed by atoms with Crippen molar-refractivity contribution in [3.63, 3.8) is 0 Å². The van der Waals surface area contributed by atoms with E-state index in [9.17, 15) is 0 Å². The van der Waals surface area contributed by atoms with E-state index in [0.29, 0.717) is 5.92 Å². The van der Waals surface area contributed by atoms with Crippen LogP contribution in [0.1, 0.15) is 6.92 Å². The zero-order chi connectivity index (χ0) is 7.78. The van der Waals surface area contributed by atoms with E-state index in [1.807, 2.05) is 6.92 Å². The van der Waals surface area contributed by atoms with Crippen LogP contribution in [-0.4, -0.2) is 42.3 Å². The van der Waals surface area contributed by atoms with Crippen molar-refractivity contribution >= 4 is 0 Å². The van der Waals surface area contributed by atoms with Crippen molar-refractivity contribution in [1.82, 2.24) is 4.90 Å². The van der Waals surface area contributed by atoms with Crippen LogP contribution < -0.4 is 5.73 Å². The van der Waals surface area contributed by atoms with Crippen LogP contribution in [0, 0.1) is 5.92 Å². The van der Waals surface area contributed by atoms with Gasteiger partial charge in [-0.3, -0.25) is 0 Å². The number of nitrogens with zero attached hydrogens (tertiary/aromatic N) is 1. The summed E-state index contributed by atoms with van der Waals surface area (Å²) in [6.45, 7) is 4.04. The van der Waals surface area contributed by atoms with Crippen LogP contribution in [-0.2, 0) is 0 Å². The highest BCUT2D eigenvalue weighted by Crippen LogP contribution is 2.23. The average Bonchev–Trinajstić information content (AvgIpc) is 1.81. The van der Waals surface area contributed by atoms with E-state index in [-0.39, 0.29) is 12.1 Å². The maximum atomic E-state index is 8.87. The summed E-state index contributed by atoms with van der Waals surface area (Å²) in [5.74, 6) is 0.475. The van der Waals surface area contributed by atoms with Gasteiger partial charge in [0, 0.05) is 24.5 Å². The molecular formula is C7H16N2O. The van der Waals surface area contributed by atoms with Crippen LogP contribution in [0.4, 0.5) is 0 Å². The lowest BCUT2D eigenvalue weighted by Crippen LogP contribution is -2.61. The van der Waals surface area contributed by atoms with Gasteiger partial charge in [-0.2, -0.15) is 0 Å². The second kappa shape index (κ2) is 2.49. The molecule has 1 atom stereocenters. The maximum Gasteiger partial charge on any atom is 0.0612 e. The summed E-state index contributed by atoms with van der Waals surface area (Å²) in [6, 6.07) is 0. The van der Waals surface area contributed by atoms with Crippen LogP contribution >= 0.6 is 0 Å². The molecule has 3 nitrogen and oxygen atoms in total. The van der Waals surface area contributed by atoms with E-state index >= 15 is 0 Å². The van der Waals surface area contributed by atoms with Gasteiger partial charge in [-0.15, -0.1) is 0 Å². The molecule has 1 aliphatic heterocycles. The van der Waals surface area contributed by atoms with Crippen molar-refractivity contribution in [3.8, 4) is 0 Å². The lowest BCUT2D eigenvalue weighted by molar-refractivity contribution is 0.0401. The van der Waals surface area contributed by atoms with E-state index < -0.39 is 0 Å². The van der Waals surface area contributed by atoms with Crippen LogP contribution in [0.5, 0.6) is 0 Å². The van der Waals surface area contributed by atoms with Crippen molar-refractivity contribution < 1.29 is 5.11 Å². The van der Waals surface area contributed by atoms with E-state index in [4.69, 9.17) is 10.8 Å². The first-order valence-corrected chi connectivity index (χ1v) is 3.64. The molecular weight excluding hydrogens is 128 g/mol. The fourth-order valence-electron chi connectivity index (χ4n) is 1.25. The lowest BCUT2D eigenvalue weighted by atomic mass is 9.82. The Balaban J connectivity index is 2.36. The Bertz CT molecular complexity index is 119. The largest absolute Gasteiger partial charge is 0.394 e. The number of aliphatic hydroxyl groups is 1. The maximum absolute atomic E-state index is 8.87. The first-order valence-electron chi connectivity index (χ1n) is 3.64. The second-order valence-corrected chi connectivity index (χ2v) is 3.58. The summed E-state index contributed by atoms with van der Waals surface area (Å²) < 4.78 is 0. The van der Waals surface area contributed by atoms with E-state index in [1.54, 1.807) is 0 Å². The number of rotatable bonds is 2. The molecule has 0 aliphatic carbocycles. The van der Waals surface area contributed by atoms with Gasteiger partial charge in [0.2, 0.25) is 0 Å². The number of aliphatic hydroxyl groups excluding tert-OH is 1. The van der Waals surface area contributed by atoms with E-state index in [2.05, 4.69) is 11.9 Å². The molecule has 0 bridgehead atoms. The van der Waals surface area contributed by atoms with Gasteiger partial charge in [-0.1, -0.05) is 0 Å². The summed E-state index contributed by atoms with van der Waals surface area (Å²) in [4.78, 5) is 2.20. The lowest BCUT2D eigenvalue weighted by Gasteiger charge is -2.44. The van der Waals surface area contributed by atoms with Gasteiger partial charge >= 0.3 is 0 Å². The predicted molar refractivity (Wildman–Crippen MR) is 40.7 cm³/mol. The summed E-state index contributed by atoms with van der Waals surface area (Å²) in [6.07, 6.45) is 0. The number of nitrogens with two attached hydrogens (primary N) is 1. The molecule has 0 amide bonds. The monoisotopic (exact) mass is 144 g/mol. The van der Waals surface area contributed by atoms with Crippen molar-refractivity contribution in [2.75, 3.05) is 26.7 Å². The van der Waals surface area contributed by atoms with Crippen LogP contribution in [0.25, 0.3) is 0 Å². The third kappa shape index (κ3) is 1.31. The van der Waals surface area contributed by atoms with Crippen LogP contribution in [0.3, 0.4) is 0 Å². The molecule has 3 heteroatoms. The SMILES string of the molecule is CN1CC(C(C)(N)CO)C1. The fourth-order valence-corrected chi connectivity index (χ4v) is 1.25. The van der Waals surface area contributed by atoms with Crippen LogP contribution in [0.15, 0.2) is 0 Å². The smallest absolute Gasteiger partial charge is 0.0612 e. The summed E-state index contributed by atoms with van der Waals surface area (Å²) in [7, 11) is 2.06. The van der Waals surface area contributed by atoms with Gasteiger partial charge in [0.1, 0.15) is 0 Å². The molecule has 0 aromatic rings. The Morgan fingerprint density at radius 1 is 1.70 bits per heavy atom. The molecule has 0 radical (unpaired) electrons. The summed E-state index contributed by atoms with van der Waals surface area (Å²) in [5, 5.41) is 8.87. The third-order valence-electron chi connectivity index (χ3n) is 2.34. The van der Waals surface area contributed by atoms with Gasteiger partial charge in [0.25, 0.3) is 0 Å². The summed E-state index contributed by atoms with van der Waals surface area (Å²) >= 11 is 0. The molecule has 0 aromatic carbocycles. The molecule has 3 N–H and O–H groups in total. The Hall–Kier alpha value is -0.120. The zero-order valence-corrected chi connectivity index (χ0v) is 6.67. The van der Waals surface area contributed by atoms with Crippen molar-refractivity contribution in [1.29, 1.82) is 0 Å². The highest BCUT2D eigenvalue weighted by atomic mass is 16.3.